The Morgan fingerprint density at radius 3 is 2.25 bits per heavy atom. The maximum absolute atomic E-state index is 12.2. The monoisotopic (exact) mass is 369 g/mol. The van der Waals surface area contributed by atoms with Gasteiger partial charge in [0.15, 0.2) is 0 Å². The zero-order valence-corrected chi connectivity index (χ0v) is 14.3. The maximum atomic E-state index is 12.2. The number of hydrogen-bond acceptors (Lipinski definition) is 5. The third-order valence-corrected chi connectivity index (χ3v) is 5.03. The SMILES string of the molecule is CC(CNc1ccc([N+](=O)[O-])cc1)NS(=O)(=O)c1ccc(Cl)cc1. The van der Waals surface area contributed by atoms with Crippen molar-refractivity contribution >= 4 is 33.0 Å². The molecule has 0 spiro atoms. The molecule has 0 aliphatic heterocycles. The second-order valence-electron chi connectivity index (χ2n) is 5.16. The molecule has 0 aliphatic carbocycles. The number of nitro benzene ring substituents is 1. The molecule has 0 aliphatic rings. The molecule has 0 bridgehead atoms. The first kappa shape index (κ1) is 18.2. The summed E-state index contributed by atoms with van der Waals surface area (Å²) in [5, 5.41) is 14.1. The van der Waals surface area contributed by atoms with E-state index in [0.29, 0.717) is 17.3 Å². The molecule has 0 saturated heterocycles. The van der Waals surface area contributed by atoms with Gasteiger partial charge in [-0.25, -0.2) is 13.1 Å². The lowest BCUT2D eigenvalue weighted by Gasteiger charge is -2.16. The Morgan fingerprint density at radius 2 is 1.71 bits per heavy atom. The number of nitro groups is 1. The van der Waals surface area contributed by atoms with Gasteiger partial charge in [0.2, 0.25) is 10.0 Å². The molecular formula is C15H16ClN3O4S. The van der Waals surface area contributed by atoms with Crippen LogP contribution in [0.15, 0.2) is 53.4 Å². The molecule has 0 fully saturated rings. The van der Waals surface area contributed by atoms with Crippen molar-refractivity contribution in [2.75, 3.05) is 11.9 Å². The highest BCUT2D eigenvalue weighted by atomic mass is 35.5. The molecule has 7 nitrogen and oxygen atoms in total. The van der Waals surface area contributed by atoms with Crippen molar-refractivity contribution in [1.82, 2.24) is 4.72 Å². The van der Waals surface area contributed by atoms with Gasteiger partial charge in [-0.15, -0.1) is 0 Å². The van der Waals surface area contributed by atoms with E-state index in [9.17, 15) is 18.5 Å². The van der Waals surface area contributed by atoms with Gasteiger partial charge in [0.1, 0.15) is 0 Å². The summed E-state index contributed by atoms with van der Waals surface area (Å²) in [5.74, 6) is 0. The van der Waals surface area contributed by atoms with Crippen molar-refractivity contribution in [3.8, 4) is 0 Å². The molecule has 2 N–H and O–H groups in total. The van der Waals surface area contributed by atoms with E-state index in [2.05, 4.69) is 10.0 Å². The molecule has 0 saturated carbocycles. The van der Waals surface area contributed by atoms with Crippen molar-refractivity contribution in [2.24, 2.45) is 0 Å². The highest BCUT2D eigenvalue weighted by Crippen LogP contribution is 2.16. The first-order chi connectivity index (χ1) is 11.3. The number of non-ortho nitro benzene ring substituents is 1. The lowest BCUT2D eigenvalue weighted by Crippen LogP contribution is -2.37. The van der Waals surface area contributed by atoms with Gasteiger partial charge in [0.05, 0.1) is 9.82 Å². The maximum Gasteiger partial charge on any atom is 0.269 e. The topological polar surface area (TPSA) is 101 Å². The number of benzene rings is 2. The number of hydrogen-bond donors (Lipinski definition) is 2. The van der Waals surface area contributed by atoms with Crippen LogP contribution in [-0.2, 0) is 10.0 Å². The summed E-state index contributed by atoms with van der Waals surface area (Å²) < 4.78 is 27.0. The van der Waals surface area contributed by atoms with Gasteiger partial charge in [-0.1, -0.05) is 11.6 Å². The molecular weight excluding hydrogens is 354 g/mol. The molecule has 0 radical (unpaired) electrons. The minimum atomic E-state index is -3.64. The van der Waals surface area contributed by atoms with Crippen LogP contribution in [0.2, 0.25) is 5.02 Å². The first-order valence-corrected chi connectivity index (χ1v) is 8.90. The largest absolute Gasteiger partial charge is 0.383 e. The predicted molar refractivity (Wildman–Crippen MR) is 92.8 cm³/mol. The number of halogens is 1. The van der Waals surface area contributed by atoms with Crippen LogP contribution in [0.5, 0.6) is 0 Å². The van der Waals surface area contributed by atoms with Gasteiger partial charge in [0.25, 0.3) is 5.69 Å². The van der Waals surface area contributed by atoms with Crippen LogP contribution in [0.25, 0.3) is 0 Å². The Bertz CT molecular complexity index is 808. The van der Waals surface area contributed by atoms with Crippen LogP contribution in [0.4, 0.5) is 11.4 Å². The van der Waals surface area contributed by atoms with E-state index in [-0.39, 0.29) is 16.6 Å². The average Bonchev–Trinajstić information content (AvgIpc) is 2.53. The quantitative estimate of drug-likeness (QED) is 0.577. The Balaban J connectivity index is 1.93. The van der Waals surface area contributed by atoms with Crippen LogP contribution in [-0.4, -0.2) is 25.9 Å². The fourth-order valence-corrected chi connectivity index (χ4v) is 3.33. The Hall–Kier alpha value is -2.16. The van der Waals surface area contributed by atoms with E-state index in [1.807, 2.05) is 0 Å². The fourth-order valence-electron chi connectivity index (χ4n) is 1.96. The van der Waals surface area contributed by atoms with Gasteiger partial charge in [-0.05, 0) is 43.3 Å². The summed E-state index contributed by atoms with van der Waals surface area (Å²) in [5.41, 5.74) is 0.662. The van der Waals surface area contributed by atoms with Crippen molar-refractivity contribution in [3.63, 3.8) is 0 Å². The van der Waals surface area contributed by atoms with Gasteiger partial charge in [0, 0.05) is 35.4 Å². The number of nitrogens with zero attached hydrogens (tertiary/aromatic N) is 1. The van der Waals surface area contributed by atoms with Gasteiger partial charge >= 0.3 is 0 Å². The van der Waals surface area contributed by atoms with Gasteiger partial charge < -0.3 is 5.32 Å². The Morgan fingerprint density at radius 1 is 1.12 bits per heavy atom. The highest BCUT2D eigenvalue weighted by molar-refractivity contribution is 7.89. The summed E-state index contributed by atoms with van der Waals surface area (Å²) in [6.07, 6.45) is 0. The molecule has 1 atom stereocenters. The zero-order valence-electron chi connectivity index (χ0n) is 12.8. The van der Waals surface area contributed by atoms with Gasteiger partial charge in [-0.2, -0.15) is 0 Å². The summed E-state index contributed by atoms with van der Waals surface area (Å²) in [4.78, 5) is 10.2. The number of nitrogens with one attached hydrogen (secondary N) is 2. The molecule has 24 heavy (non-hydrogen) atoms. The lowest BCUT2D eigenvalue weighted by molar-refractivity contribution is -0.384. The van der Waals surface area contributed by atoms with Crippen LogP contribution >= 0.6 is 11.6 Å². The van der Waals surface area contributed by atoms with Crippen molar-refractivity contribution < 1.29 is 13.3 Å². The standard InChI is InChI=1S/C15H16ClN3O4S/c1-11(10-17-13-4-6-14(7-5-13)19(20)21)18-24(22,23)15-8-2-12(16)3-9-15/h2-9,11,17-18H,10H2,1H3. The molecule has 1 unspecified atom stereocenters. The minimum Gasteiger partial charge on any atom is -0.383 e. The predicted octanol–water partition coefficient (Wildman–Crippen LogP) is 3.03. The van der Waals surface area contributed by atoms with E-state index in [0.717, 1.165) is 0 Å². The third-order valence-electron chi connectivity index (χ3n) is 3.17. The second-order valence-corrected chi connectivity index (χ2v) is 7.31. The first-order valence-electron chi connectivity index (χ1n) is 7.04. The fraction of sp³-hybridized carbons (Fsp3) is 0.200. The molecule has 0 amide bonds. The number of rotatable bonds is 7. The molecule has 2 aromatic carbocycles. The van der Waals surface area contributed by atoms with Crippen molar-refractivity contribution in [2.45, 2.75) is 17.9 Å². The molecule has 9 heteroatoms. The molecule has 128 valence electrons. The molecule has 2 aromatic rings. The Kier molecular flexibility index (Phi) is 5.76. The van der Waals surface area contributed by atoms with Crippen molar-refractivity contribution in [1.29, 1.82) is 0 Å². The zero-order chi connectivity index (χ0) is 17.7. The van der Waals surface area contributed by atoms with Crippen LogP contribution in [0.1, 0.15) is 6.92 Å². The van der Waals surface area contributed by atoms with E-state index >= 15 is 0 Å². The average molecular weight is 370 g/mol. The van der Waals surface area contributed by atoms with Crippen LogP contribution < -0.4 is 10.0 Å². The lowest BCUT2D eigenvalue weighted by atomic mass is 10.2. The number of anilines is 1. The summed E-state index contributed by atoms with van der Waals surface area (Å²) >= 11 is 5.75. The van der Waals surface area contributed by atoms with E-state index in [1.54, 1.807) is 19.1 Å². The van der Waals surface area contributed by atoms with Crippen LogP contribution in [0, 0.1) is 10.1 Å². The summed E-state index contributed by atoms with van der Waals surface area (Å²) in [6, 6.07) is 11.4. The van der Waals surface area contributed by atoms with Gasteiger partial charge in [-0.3, -0.25) is 10.1 Å². The van der Waals surface area contributed by atoms with Crippen molar-refractivity contribution in [3.05, 3.63) is 63.7 Å². The van der Waals surface area contributed by atoms with E-state index in [4.69, 9.17) is 11.6 Å². The molecule has 2 rings (SSSR count). The smallest absolute Gasteiger partial charge is 0.269 e. The van der Waals surface area contributed by atoms with Crippen LogP contribution in [0.3, 0.4) is 0 Å². The summed E-state index contributed by atoms with van der Waals surface area (Å²) in [6.45, 7) is 2.04. The second kappa shape index (κ2) is 7.61. The molecule has 0 aromatic heterocycles. The number of sulfonamides is 1. The summed E-state index contributed by atoms with van der Waals surface area (Å²) in [7, 11) is -3.64. The third kappa shape index (κ3) is 4.92. The normalized spacial score (nSPS) is 12.6. The highest BCUT2D eigenvalue weighted by Gasteiger charge is 2.17. The van der Waals surface area contributed by atoms with E-state index in [1.165, 1.54) is 36.4 Å². The molecule has 0 heterocycles. The Labute approximate surface area is 144 Å². The van der Waals surface area contributed by atoms with E-state index < -0.39 is 14.9 Å². The minimum absolute atomic E-state index is 0.00274.